The number of fused-ring (bicyclic) bond motifs is 1. The van der Waals surface area contributed by atoms with E-state index in [0.29, 0.717) is 6.04 Å². The Hall–Kier alpha value is -0.820. The highest BCUT2D eigenvalue weighted by Crippen LogP contribution is 2.33. The van der Waals surface area contributed by atoms with E-state index in [9.17, 15) is 0 Å². The van der Waals surface area contributed by atoms with E-state index in [1.54, 1.807) is 16.7 Å². The summed E-state index contributed by atoms with van der Waals surface area (Å²) in [4.78, 5) is 0. The minimum Gasteiger partial charge on any atom is -0.310 e. The largest absolute Gasteiger partial charge is 0.310 e. The molecule has 16 heavy (non-hydrogen) atoms. The highest BCUT2D eigenvalue weighted by Gasteiger charge is 2.22. The van der Waals surface area contributed by atoms with Gasteiger partial charge in [0.1, 0.15) is 0 Å². The molecule has 86 valence electrons. The van der Waals surface area contributed by atoms with Crippen LogP contribution in [0.5, 0.6) is 0 Å². The normalized spacial score (nSPS) is 24.4. The van der Waals surface area contributed by atoms with Gasteiger partial charge in [0, 0.05) is 6.04 Å². The fraction of sp³-hybridized carbons (Fsp3) is 0.600. The molecule has 1 nitrogen and oxygen atoms in total. The molecule has 0 radical (unpaired) electrons. The Morgan fingerprint density at radius 1 is 1.12 bits per heavy atom. The SMILES string of the molecule is Cc1cc2c(c([C@@H]3CCCN3)c1)CCCC2. The molecule has 1 heteroatoms. The Labute approximate surface area is 98.3 Å². The molecule has 0 bridgehead atoms. The summed E-state index contributed by atoms with van der Waals surface area (Å²) < 4.78 is 0. The molecule has 0 spiro atoms. The second kappa shape index (κ2) is 4.21. The molecule has 1 aromatic carbocycles. The second-order valence-electron chi connectivity index (χ2n) is 5.35. The van der Waals surface area contributed by atoms with Gasteiger partial charge in [-0.15, -0.1) is 0 Å². The summed E-state index contributed by atoms with van der Waals surface area (Å²) in [5, 5.41) is 3.65. The molecular weight excluding hydrogens is 194 g/mol. The quantitative estimate of drug-likeness (QED) is 0.758. The Kier molecular flexibility index (Phi) is 2.72. The topological polar surface area (TPSA) is 12.0 Å². The van der Waals surface area contributed by atoms with Crippen molar-refractivity contribution in [2.45, 2.75) is 51.5 Å². The molecule has 1 aromatic rings. The molecule has 1 fully saturated rings. The smallest absolute Gasteiger partial charge is 0.0323 e. The van der Waals surface area contributed by atoms with E-state index >= 15 is 0 Å². The molecule has 1 aliphatic heterocycles. The van der Waals surface area contributed by atoms with Crippen LogP contribution in [0.2, 0.25) is 0 Å². The van der Waals surface area contributed by atoms with E-state index < -0.39 is 0 Å². The Bertz CT molecular complexity index is 389. The van der Waals surface area contributed by atoms with Gasteiger partial charge in [-0.3, -0.25) is 0 Å². The van der Waals surface area contributed by atoms with Crippen LogP contribution in [0.3, 0.4) is 0 Å². The molecule has 0 saturated carbocycles. The summed E-state index contributed by atoms with van der Waals surface area (Å²) in [5.74, 6) is 0. The van der Waals surface area contributed by atoms with Crippen molar-refractivity contribution >= 4 is 0 Å². The van der Waals surface area contributed by atoms with Gasteiger partial charge in [0.25, 0.3) is 0 Å². The van der Waals surface area contributed by atoms with E-state index in [-0.39, 0.29) is 0 Å². The fourth-order valence-corrected chi connectivity index (χ4v) is 3.33. The number of benzene rings is 1. The van der Waals surface area contributed by atoms with Gasteiger partial charge in [-0.05, 0) is 68.7 Å². The molecule has 2 aliphatic rings. The van der Waals surface area contributed by atoms with Gasteiger partial charge in [0.05, 0.1) is 0 Å². The fourth-order valence-electron chi connectivity index (χ4n) is 3.33. The van der Waals surface area contributed by atoms with E-state index in [1.807, 2.05) is 0 Å². The van der Waals surface area contributed by atoms with Gasteiger partial charge in [-0.25, -0.2) is 0 Å². The van der Waals surface area contributed by atoms with Crippen LogP contribution in [-0.2, 0) is 12.8 Å². The average molecular weight is 215 g/mol. The van der Waals surface area contributed by atoms with Crippen LogP contribution in [0.1, 0.15) is 54.0 Å². The molecule has 1 aliphatic carbocycles. The standard InChI is InChI=1S/C15H21N/c1-11-9-12-5-2-3-6-13(12)14(10-11)15-7-4-8-16-15/h9-10,15-16H,2-8H2,1H3/t15-/m0/s1. The molecule has 1 saturated heterocycles. The Morgan fingerprint density at radius 2 is 2.00 bits per heavy atom. The zero-order valence-electron chi connectivity index (χ0n) is 10.2. The van der Waals surface area contributed by atoms with Crippen LogP contribution < -0.4 is 5.32 Å². The van der Waals surface area contributed by atoms with E-state index in [2.05, 4.69) is 24.4 Å². The van der Waals surface area contributed by atoms with Gasteiger partial charge in [0.15, 0.2) is 0 Å². The number of hydrogen-bond acceptors (Lipinski definition) is 1. The van der Waals surface area contributed by atoms with Crippen LogP contribution in [0.4, 0.5) is 0 Å². The van der Waals surface area contributed by atoms with Crippen molar-refractivity contribution in [3.63, 3.8) is 0 Å². The molecule has 3 rings (SSSR count). The van der Waals surface area contributed by atoms with Crippen LogP contribution in [0, 0.1) is 6.92 Å². The highest BCUT2D eigenvalue weighted by molar-refractivity contribution is 5.42. The monoisotopic (exact) mass is 215 g/mol. The van der Waals surface area contributed by atoms with Crippen molar-refractivity contribution in [1.29, 1.82) is 0 Å². The maximum absolute atomic E-state index is 3.65. The third-order valence-electron chi connectivity index (χ3n) is 4.08. The number of rotatable bonds is 1. The van der Waals surface area contributed by atoms with Crippen LogP contribution in [-0.4, -0.2) is 6.54 Å². The third kappa shape index (κ3) is 1.78. The summed E-state index contributed by atoms with van der Waals surface area (Å²) >= 11 is 0. The van der Waals surface area contributed by atoms with Gasteiger partial charge < -0.3 is 5.32 Å². The van der Waals surface area contributed by atoms with Crippen LogP contribution in [0.15, 0.2) is 12.1 Å². The van der Waals surface area contributed by atoms with E-state index in [0.717, 1.165) is 0 Å². The summed E-state index contributed by atoms with van der Waals surface area (Å²) in [7, 11) is 0. The lowest BCUT2D eigenvalue weighted by Gasteiger charge is -2.23. The minimum atomic E-state index is 0.645. The summed E-state index contributed by atoms with van der Waals surface area (Å²) in [6.45, 7) is 3.45. The molecule has 0 amide bonds. The van der Waals surface area contributed by atoms with Crippen LogP contribution >= 0.6 is 0 Å². The first kappa shape index (κ1) is 10.3. The summed E-state index contributed by atoms with van der Waals surface area (Å²) in [6.07, 6.45) is 8.05. The lowest BCUT2D eigenvalue weighted by Crippen LogP contribution is -2.17. The van der Waals surface area contributed by atoms with Crippen molar-refractivity contribution < 1.29 is 0 Å². The minimum absolute atomic E-state index is 0.645. The first-order valence-electron chi connectivity index (χ1n) is 6.70. The number of aryl methyl sites for hydroxylation is 2. The zero-order valence-corrected chi connectivity index (χ0v) is 10.2. The van der Waals surface area contributed by atoms with E-state index in [1.165, 1.54) is 50.6 Å². The van der Waals surface area contributed by atoms with Crippen molar-refractivity contribution in [3.05, 3.63) is 34.4 Å². The number of hydrogen-bond donors (Lipinski definition) is 1. The molecule has 1 heterocycles. The van der Waals surface area contributed by atoms with Gasteiger partial charge in [-0.1, -0.05) is 17.7 Å². The molecule has 1 atom stereocenters. The van der Waals surface area contributed by atoms with Gasteiger partial charge in [0.2, 0.25) is 0 Å². The summed E-state index contributed by atoms with van der Waals surface area (Å²) in [6, 6.07) is 5.48. The maximum atomic E-state index is 3.65. The van der Waals surface area contributed by atoms with Crippen molar-refractivity contribution in [2.75, 3.05) is 6.54 Å². The van der Waals surface area contributed by atoms with E-state index in [4.69, 9.17) is 0 Å². The summed E-state index contributed by atoms with van der Waals surface area (Å²) in [5.41, 5.74) is 6.38. The lowest BCUT2D eigenvalue weighted by atomic mass is 9.84. The zero-order chi connectivity index (χ0) is 11.0. The van der Waals surface area contributed by atoms with Gasteiger partial charge in [-0.2, -0.15) is 0 Å². The average Bonchev–Trinajstić information content (AvgIpc) is 2.81. The third-order valence-corrected chi connectivity index (χ3v) is 4.08. The Morgan fingerprint density at radius 3 is 2.81 bits per heavy atom. The van der Waals surface area contributed by atoms with Crippen molar-refractivity contribution in [2.24, 2.45) is 0 Å². The first-order valence-corrected chi connectivity index (χ1v) is 6.70. The molecular formula is C15H21N. The van der Waals surface area contributed by atoms with Crippen LogP contribution in [0.25, 0.3) is 0 Å². The lowest BCUT2D eigenvalue weighted by molar-refractivity contribution is 0.615. The highest BCUT2D eigenvalue weighted by atomic mass is 14.9. The number of nitrogens with one attached hydrogen (secondary N) is 1. The first-order chi connectivity index (χ1) is 7.84. The maximum Gasteiger partial charge on any atom is 0.0323 e. The predicted molar refractivity (Wildman–Crippen MR) is 67.8 cm³/mol. The Balaban J connectivity index is 2.04. The molecule has 1 N–H and O–H groups in total. The molecule has 0 unspecified atom stereocenters. The second-order valence-corrected chi connectivity index (χ2v) is 5.35. The van der Waals surface area contributed by atoms with Crippen molar-refractivity contribution in [1.82, 2.24) is 5.32 Å². The van der Waals surface area contributed by atoms with Gasteiger partial charge >= 0.3 is 0 Å². The predicted octanol–water partition coefficient (Wildman–Crippen LogP) is 3.30. The van der Waals surface area contributed by atoms with Crippen molar-refractivity contribution in [3.8, 4) is 0 Å². The molecule has 0 aromatic heterocycles.